The molecule has 4 heteroatoms. The number of thioether (sulfide) groups is 1. The number of ether oxygens (including phenoxy) is 1. The van der Waals surface area contributed by atoms with E-state index in [-0.39, 0.29) is 0 Å². The standard InChI is InChI=1S/C12H13NO2S/c1-15-11-4-2-3-10-9(7-13-8-14)5-6-16-12(10)11/h2-4,9H,5-7H2,1H3. The third-order valence-electron chi connectivity index (χ3n) is 2.76. The van der Waals surface area contributed by atoms with Gasteiger partial charge in [0.25, 0.3) is 0 Å². The fourth-order valence-electron chi connectivity index (χ4n) is 1.97. The van der Waals surface area contributed by atoms with Crippen LogP contribution in [0, 0.1) is 0 Å². The monoisotopic (exact) mass is 235 g/mol. The van der Waals surface area contributed by atoms with Gasteiger partial charge in [-0.25, -0.2) is 9.79 Å². The zero-order valence-corrected chi connectivity index (χ0v) is 9.92. The summed E-state index contributed by atoms with van der Waals surface area (Å²) < 4.78 is 5.34. The number of hydrogen-bond donors (Lipinski definition) is 0. The SMILES string of the molecule is COc1cccc2c1SCCC2CN=C=O. The normalized spacial score (nSPS) is 18.4. The Hall–Kier alpha value is -1.25. The second-order valence-corrected chi connectivity index (χ2v) is 4.75. The minimum absolute atomic E-state index is 0.327. The maximum Gasteiger partial charge on any atom is 0.234 e. The molecule has 0 bridgehead atoms. The van der Waals surface area contributed by atoms with Crippen molar-refractivity contribution in [3.8, 4) is 5.75 Å². The molecule has 0 spiro atoms. The third kappa shape index (κ3) is 2.13. The van der Waals surface area contributed by atoms with Crippen LogP contribution in [0.25, 0.3) is 0 Å². The lowest BCUT2D eigenvalue weighted by molar-refractivity contribution is 0.402. The van der Waals surface area contributed by atoms with Gasteiger partial charge in [0, 0.05) is 5.92 Å². The first-order valence-corrected chi connectivity index (χ1v) is 6.18. The van der Waals surface area contributed by atoms with E-state index in [4.69, 9.17) is 4.74 Å². The van der Waals surface area contributed by atoms with E-state index in [2.05, 4.69) is 11.1 Å². The van der Waals surface area contributed by atoms with Crippen LogP contribution in [-0.4, -0.2) is 25.5 Å². The van der Waals surface area contributed by atoms with E-state index in [1.165, 1.54) is 10.5 Å². The molecule has 0 amide bonds. The quantitative estimate of drug-likeness (QED) is 0.597. The predicted molar refractivity (Wildman–Crippen MR) is 64.1 cm³/mol. The van der Waals surface area contributed by atoms with Gasteiger partial charge in [-0.05, 0) is 23.8 Å². The molecule has 0 saturated heterocycles. The summed E-state index contributed by atoms with van der Waals surface area (Å²) in [5.74, 6) is 2.29. The van der Waals surface area contributed by atoms with Crippen molar-refractivity contribution < 1.29 is 9.53 Å². The molecule has 1 aromatic carbocycles. The summed E-state index contributed by atoms with van der Waals surface area (Å²) in [4.78, 5) is 15.1. The van der Waals surface area contributed by atoms with Crippen molar-refractivity contribution in [3.05, 3.63) is 23.8 Å². The summed E-state index contributed by atoms with van der Waals surface area (Å²) in [6.45, 7) is 0.532. The number of benzene rings is 1. The lowest BCUT2D eigenvalue weighted by Gasteiger charge is -2.24. The van der Waals surface area contributed by atoms with Gasteiger partial charge in [-0.2, -0.15) is 0 Å². The second-order valence-electron chi connectivity index (χ2n) is 3.64. The zero-order valence-electron chi connectivity index (χ0n) is 9.10. The van der Waals surface area contributed by atoms with Crippen molar-refractivity contribution in [2.24, 2.45) is 4.99 Å². The van der Waals surface area contributed by atoms with Crippen LogP contribution in [0.5, 0.6) is 5.75 Å². The molecule has 1 heterocycles. The number of methoxy groups -OCH3 is 1. The highest BCUT2D eigenvalue weighted by atomic mass is 32.2. The first-order chi connectivity index (χ1) is 7.86. The number of carbonyl (C=O) groups excluding carboxylic acids is 1. The van der Waals surface area contributed by atoms with E-state index < -0.39 is 0 Å². The van der Waals surface area contributed by atoms with Crippen molar-refractivity contribution in [2.75, 3.05) is 19.4 Å². The molecule has 0 radical (unpaired) electrons. The minimum atomic E-state index is 0.327. The van der Waals surface area contributed by atoms with Crippen LogP contribution in [0.1, 0.15) is 17.9 Å². The number of hydrogen-bond acceptors (Lipinski definition) is 4. The van der Waals surface area contributed by atoms with Gasteiger partial charge in [-0.1, -0.05) is 12.1 Å². The number of aliphatic imine (C=N–C) groups is 1. The van der Waals surface area contributed by atoms with Crippen LogP contribution in [0.15, 0.2) is 28.1 Å². The van der Waals surface area contributed by atoms with Gasteiger partial charge in [-0.3, -0.25) is 0 Å². The molecule has 1 unspecified atom stereocenters. The lowest BCUT2D eigenvalue weighted by Crippen LogP contribution is -2.11. The molecule has 0 aliphatic carbocycles. The molecule has 0 aromatic heterocycles. The topological polar surface area (TPSA) is 38.7 Å². The summed E-state index contributed by atoms with van der Waals surface area (Å²) in [7, 11) is 1.68. The summed E-state index contributed by atoms with van der Waals surface area (Å²) >= 11 is 1.81. The van der Waals surface area contributed by atoms with Crippen LogP contribution in [0.2, 0.25) is 0 Å². The van der Waals surface area contributed by atoms with Gasteiger partial charge < -0.3 is 4.74 Å². The van der Waals surface area contributed by atoms with Crippen molar-refractivity contribution >= 4 is 17.8 Å². The molecule has 0 fully saturated rings. The maximum atomic E-state index is 10.2. The summed E-state index contributed by atoms with van der Waals surface area (Å²) in [5.41, 5.74) is 1.25. The van der Waals surface area contributed by atoms with Crippen molar-refractivity contribution in [3.63, 3.8) is 0 Å². The number of nitrogens with zero attached hydrogens (tertiary/aromatic N) is 1. The smallest absolute Gasteiger partial charge is 0.234 e. The minimum Gasteiger partial charge on any atom is -0.496 e. The molecule has 1 aliphatic heterocycles. The Labute approximate surface area is 98.9 Å². The highest BCUT2D eigenvalue weighted by Crippen LogP contribution is 2.42. The average molecular weight is 235 g/mol. The fourth-order valence-corrected chi connectivity index (χ4v) is 3.27. The Morgan fingerprint density at radius 2 is 2.50 bits per heavy atom. The Kier molecular flexibility index (Phi) is 3.65. The molecule has 84 valence electrons. The Morgan fingerprint density at radius 1 is 1.62 bits per heavy atom. The van der Waals surface area contributed by atoms with Gasteiger partial charge in [0.2, 0.25) is 6.08 Å². The van der Waals surface area contributed by atoms with E-state index in [0.717, 1.165) is 17.9 Å². The highest BCUT2D eigenvalue weighted by molar-refractivity contribution is 7.99. The van der Waals surface area contributed by atoms with Gasteiger partial charge in [0.15, 0.2) is 0 Å². The highest BCUT2D eigenvalue weighted by Gasteiger charge is 2.22. The predicted octanol–water partition coefficient (Wildman–Crippen LogP) is 2.61. The molecule has 3 nitrogen and oxygen atoms in total. The van der Waals surface area contributed by atoms with Crippen LogP contribution in [0.3, 0.4) is 0 Å². The van der Waals surface area contributed by atoms with Gasteiger partial charge in [0.1, 0.15) is 5.75 Å². The Morgan fingerprint density at radius 3 is 3.25 bits per heavy atom. The van der Waals surface area contributed by atoms with E-state index in [0.29, 0.717) is 12.5 Å². The number of fused-ring (bicyclic) bond motifs is 1. The van der Waals surface area contributed by atoms with Gasteiger partial charge >= 0.3 is 0 Å². The van der Waals surface area contributed by atoms with Gasteiger partial charge in [0.05, 0.1) is 18.6 Å². The molecule has 0 N–H and O–H groups in total. The Balaban J connectivity index is 2.34. The van der Waals surface area contributed by atoms with Crippen molar-refractivity contribution in [1.82, 2.24) is 0 Å². The van der Waals surface area contributed by atoms with E-state index >= 15 is 0 Å². The summed E-state index contributed by atoms with van der Waals surface area (Å²) in [6.07, 6.45) is 2.66. The summed E-state index contributed by atoms with van der Waals surface area (Å²) in [5, 5.41) is 0. The van der Waals surface area contributed by atoms with Crippen LogP contribution < -0.4 is 4.74 Å². The Bertz CT molecular complexity index is 427. The zero-order chi connectivity index (χ0) is 11.4. The van der Waals surface area contributed by atoms with Crippen molar-refractivity contribution in [2.45, 2.75) is 17.2 Å². The summed E-state index contributed by atoms with van der Waals surface area (Å²) in [6, 6.07) is 6.05. The molecular formula is C12H13NO2S. The number of rotatable bonds is 3. The van der Waals surface area contributed by atoms with Crippen LogP contribution in [-0.2, 0) is 4.79 Å². The van der Waals surface area contributed by atoms with Crippen LogP contribution >= 0.6 is 11.8 Å². The van der Waals surface area contributed by atoms with E-state index in [1.54, 1.807) is 13.2 Å². The van der Waals surface area contributed by atoms with E-state index in [1.807, 2.05) is 23.9 Å². The van der Waals surface area contributed by atoms with Gasteiger partial charge in [-0.15, -0.1) is 11.8 Å². The maximum absolute atomic E-state index is 10.2. The average Bonchev–Trinajstić information content (AvgIpc) is 2.35. The molecule has 1 aromatic rings. The van der Waals surface area contributed by atoms with E-state index in [9.17, 15) is 4.79 Å². The first kappa shape index (κ1) is 11.2. The second kappa shape index (κ2) is 5.19. The molecule has 1 aliphatic rings. The molecule has 0 saturated carbocycles. The fraction of sp³-hybridized carbons (Fsp3) is 0.417. The molecule has 2 rings (SSSR count). The molecule has 1 atom stereocenters. The van der Waals surface area contributed by atoms with Crippen LogP contribution in [0.4, 0.5) is 0 Å². The third-order valence-corrected chi connectivity index (χ3v) is 3.92. The number of isocyanates is 1. The first-order valence-electron chi connectivity index (χ1n) is 5.20. The lowest BCUT2D eigenvalue weighted by atomic mass is 9.96. The van der Waals surface area contributed by atoms with Crippen molar-refractivity contribution in [1.29, 1.82) is 0 Å². The largest absolute Gasteiger partial charge is 0.496 e. The molecular weight excluding hydrogens is 222 g/mol. The molecule has 16 heavy (non-hydrogen) atoms.